The third-order valence-corrected chi connectivity index (χ3v) is 2.27. The predicted octanol–water partition coefficient (Wildman–Crippen LogP) is 0.956. The number of terminal acetylenes is 1. The molecule has 4 heteroatoms. The van der Waals surface area contributed by atoms with Crippen molar-refractivity contribution in [2.24, 2.45) is 0 Å². The highest BCUT2D eigenvalue weighted by Gasteiger charge is 2.28. The average Bonchev–Trinajstić information content (AvgIpc) is 2.24. The Morgan fingerprint density at radius 3 is 2.62 bits per heavy atom. The van der Waals surface area contributed by atoms with E-state index in [1.54, 1.807) is 14.0 Å². The van der Waals surface area contributed by atoms with Crippen molar-refractivity contribution in [1.82, 2.24) is 5.32 Å². The van der Waals surface area contributed by atoms with Gasteiger partial charge in [0, 0.05) is 13.5 Å². The van der Waals surface area contributed by atoms with Crippen LogP contribution in [0.5, 0.6) is 0 Å². The molecule has 0 spiro atoms. The maximum atomic E-state index is 11.6. The SMILES string of the molecule is C#CCNC(CC(C)(C)OC)C(=O)OCC. The van der Waals surface area contributed by atoms with E-state index in [0.717, 1.165) is 0 Å². The van der Waals surface area contributed by atoms with Gasteiger partial charge < -0.3 is 9.47 Å². The van der Waals surface area contributed by atoms with Gasteiger partial charge in [-0.2, -0.15) is 0 Å². The summed E-state index contributed by atoms with van der Waals surface area (Å²) in [7, 11) is 1.61. The molecule has 0 amide bonds. The molecular formula is C12H21NO3. The lowest BCUT2D eigenvalue weighted by molar-refractivity contribution is -0.147. The lowest BCUT2D eigenvalue weighted by Gasteiger charge is -2.27. The Kier molecular flexibility index (Phi) is 6.78. The number of ether oxygens (including phenoxy) is 2. The number of hydrogen-bond donors (Lipinski definition) is 1. The first kappa shape index (κ1) is 14.9. The topological polar surface area (TPSA) is 47.6 Å². The molecule has 0 aromatic rings. The van der Waals surface area contributed by atoms with E-state index in [9.17, 15) is 4.79 Å². The fraction of sp³-hybridized carbons (Fsp3) is 0.750. The molecule has 0 radical (unpaired) electrons. The Morgan fingerprint density at radius 2 is 2.19 bits per heavy atom. The molecule has 1 N–H and O–H groups in total. The maximum absolute atomic E-state index is 11.6. The highest BCUT2D eigenvalue weighted by atomic mass is 16.5. The van der Waals surface area contributed by atoms with Crippen molar-refractivity contribution in [2.75, 3.05) is 20.3 Å². The van der Waals surface area contributed by atoms with Crippen LogP contribution in [0, 0.1) is 12.3 Å². The summed E-state index contributed by atoms with van der Waals surface area (Å²) >= 11 is 0. The zero-order valence-electron chi connectivity index (χ0n) is 10.5. The minimum Gasteiger partial charge on any atom is -0.465 e. The summed E-state index contributed by atoms with van der Waals surface area (Å²) in [6.45, 7) is 6.30. The molecule has 0 aliphatic heterocycles. The minimum absolute atomic E-state index is 0.289. The van der Waals surface area contributed by atoms with E-state index in [1.807, 2.05) is 13.8 Å². The molecule has 0 aromatic carbocycles. The van der Waals surface area contributed by atoms with Crippen LogP contribution in [0.15, 0.2) is 0 Å². The summed E-state index contributed by atoms with van der Waals surface area (Å²) < 4.78 is 10.2. The van der Waals surface area contributed by atoms with Crippen molar-refractivity contribution in [2.45, 2.75) is 38.8 Å². The second-order valence-electron chi connectivity index (χ2n) is 4.06. The van der Waals surface area contributed by atoms with E-state index >= 15 is 0 Å². The van der Waals surface area contributed by atoms with E-state index in [1.165, 1.54) is 0 Å². The van der Waals surface area contributed by atoms with Crippen molar-refractivity contribution in [3.63, 3.8) is 0 Å². The molecule has 0 fully saturated rings. The van der Waals surface area contributed by atoms with Crippen LogP contribution in [0.4, 0.5) is 0 Å². The van der Waals surface area contributed by atoms with Gasteiger partial charge in [-0.05, 0) is 20.8 Å². The van der Waals surface area contributed by atoms with Crippen LogP contribution in [-0.4, -0.2) is 37.9 Å². The molecular weight excluding hydrogens is 206 g/mol. The summed E-state index contributed by atoms with van der Waals surface area (Å²) in [5.74, 6) is 2.15. The van der Waals surface area contributed by atoms with Crippen LogP contribution in [0.1, 0.15) is 27.2 Å². The largest absolute Gasteiger partial charge is 0.465 e. The molecule has 92 valence electrons. The fourth-order valence-electron chi connectivity index (χ4n) is 1.24. The van der Waals surface area contributed by atoms with E-state index in [2.05, 4.69) is 11.2 Å². The molecule has 0 saturated carbocycles. The van der Waals surface area contributed by atoms with Crippen LogP contribution in [0.3, 0.4) is 0 Å². The number of nitrogens with one attached hydrogen (secondary N) is 1. The third kappa shape index (κ3) is 5.74. The molecule has 0 aliphatic rings. The van der Waals surface area contributed by atoms with E-state index in [0.29, 0.717) is 19.6 Å². The number of rotatable bonds is 7. The minimum atomic E-state index is -0.425. The zero-order chi connectivity index (χ0) is 12.6. The van der Waals surface area contributed by atoms with Gasteiger partial charge in [0.05, 0.1) is 18.8 Å². The van der Waals surface area contributed by atoms with Gasteiger partial charge in [-0.25, -0.2) is 0 Å². The standard InChI is InChI=1S/C12H21NO3/c1-6-8-13-10(11(14)16-7-2)9-12(3,4)15-5/h1,10,13H,7-9H2,2-5H3. The van der Waals surface area contributed by atoms with Crippen LogP contribution in [0.25, 0.3) is 0 Å². The van der Waals surface area contributed by atoms with Gasteiger partial charge in [0.1, 0.15) is 6.04 Å². The fourth-order valence-corrected chi connectivity index (χ4v) is 1.24. The number of carbonyl (C=O) groups excluding carboxylic acids is 1. The van der Waals surface area contributed by atoms with Crippen molar-refractivity contribution < 1.29 is 14.3 Å². The van der Waals surface area contributed by atoms with E-state index in [4.69, 9.17) is 15.9 Å². The van der Waals surface area contributed by atoms with Gasteiger partial charge >= 0.3 is 5.97 Å². The summed E-state index contributed by atoms with van der Waals surface area (Å²) in [5, 5.41) is 2.95. The van der Waals surface area contributed by atoms with Crippen molar-refractivity contribution in [1.29, 1.82) is 0 Å². The molecule has 0 aromatic heterocycles. The van der Waals surface area contributed by atoms with Crippen LogP contribution in [-0.2, 0) is 14.3 Å². The summed E-state index contributed by atoms with van der Waals surface area (Å²) in [6.07, 6.45) is 5.67. The Labute approximate surface area is 97.7 Å². The highest BCUT2D eigenvalue weighted by Crippen LogP contribution is 2.16. The number of methoxy groups -OCH3 is 1. The van der Waals surface area contributed by atoms with Crippen LogP contribution >= 0.6 is 0 Å². The Bertz CT molecular complexity index is 255. The second kappa shape index (κ2) is 7.26. The van der Waals surface area contributed by atoms with Gasteiger partial charge in [0.25, 0.3) is 0 Å². The predicted molar refractivity (Wildman–Crippen MR) is 63.0 cm³/mol. The van der Waals surface area contributed by atoms with Gasteiger partial charge in [0.2, 0.25) is 0 Å². The van der Waals surface area contributed by atoms with Gasteiger partial charge in [-0.1, -0.05) is 5.92 Å². The molecule has 0 saturated heterocycles. The molecule has 0 rings (SSSR count). The smallest absolute Gasteiger partial charge is 0.323 e. The summed E-state index contributed by atoms with van der Waals surface area (Å²) in [4.78, 5) is 11.6. The average molecular weight is 227 g/mol. The van der Waals surface area contributed by atoms with Crippen LogP contribution < -0.4 is 5.32 Å². The first-order valence-electron chi connectivity index (χ1n) is 5.35. The molecule has 4 nitrogen and oxygen atoms in total. The van der Waals surface area contributed by atoms with Crippen molar-refractivity contribution in [3.8, 4) is 12.3 Å². The molecule has 0 bridgehead atoms. The molecule has 16 heavy (non-hydrogen) atoms. The van der Waals surface area contributed by atoms with Gasteiger partial charge in [-0.3, -0.25) is 10.1 Å². The highest BCUT2D eigenvalue weighted by molar-refractivity contribution is 5.75. The molecule has 1 atom stereocenters. The summed E-state index contributed by atoms with van der Waals surface area (Å²) in [6, 6.07) is -0.425. The van der Waals surface area contributed by atoms with E-state index < -0.39 is 6.04 Å². The Balaban J connectivity index is 4.43. The second-order valence-corrected chi connectivity index (χ2v) is 4.06. The normalized spacial score (nSPS) is 12.9. The molecule has 0 aliphatic carbocycles. The zero-order valence-corrected chi connectivity index (χ0v) is 10.5. The first-order chi connectivity index (χ1) is 7.46. The molecule has 1 unspecified atom stereocenters. The monoisotopic (exact) mass is 227 g/mol. The molecule has 0 heterocycles. The number of hydrogen-bond acceptors (Lipinski definition) is 4. The quantitative estimate of drug-likeness (QED) is 0.520. The van der Waals surface area contributed by atoms with Crippen molar-refractivity contribution in [3.05, 3.63) is 0 Å². The van der Waals surface area contributed by atoms with Crippen molar-refractivity contribution >= 4 is 5.97 Å². The lowest BCUT2D eigenvalue weighted by atomic mass is 9.99. The third-order valence-electron chi connectivity index (χ3n) is 2.27. The first-order valence-corrected chi connectivity index (χ1v) is 5.35. The Morgan fingerprint density at radius 1 is 1.56 bits per heavy atom. The number of carbonyl (C=O) groups is 1. The number of esters is 1. The summed E-state index contributed by atoms with van der Waals surface area (Å²) in [5.41, 5.74) is -0.390. The maximum Gasteiger partial charge on any atom is 0.323 e. The van der Waals surface area contributed by atoms with E-state index in [-0.39, 0.29) is 11.6 Å². The van der Waals surface area contributed by atoms with Gasteiger partial charge in [-0.15, -0.1) is 6.42 Å². The van der Waals surface area contributed by atoms with Gasteiger partial charge in [0.15, 0.2) is 0 Å². The van der Waals surface area contributed by atoms with Crippen LogP contribution in [0.2, 0.25) is 0 Å². The Hall–Kier alpha value is -1.05. The lowest BCUT2D eigenvalue weighted by Crippen LogP contribution is -2.44.